The maximum Gasteiger partial charge on any atom is 0.317 e. The van der Waals surface area contributed by atoms with Crippen LogP contribution in [0.15, 0.2) is 52.4 Å². The topological polar surface area (TPSA) is 203 Å². The summed E-state index contributed by atoms with van der Waals surface area (Å²) in [5.74, 6) is -1.92. The van der Waals surface area contributed by atoms with Crippen LogP contribution in [0.25, 0.3) is 0 Å². The molecule has 12 nitrogen and oxygen atoms in total. The van der Waals surface area contributed by atoms with E-state index < -0.39 is 17.5 Å². The molecule has 1 saturated heterocycles. The molecule has 220 valence electrons. The normalized spacial score (nSPS) is 16.9. The van der Waals surface area contributed by atoms with Crippen LogP contribution in [0.3, 0.4) is 0 Å². The first-order valence-electron chi connectivity index (χ1n) is 13.0. The minimum Gasteiger partial charge on any atom is -0.480 e. The minimum atomic E-state index is -1.62. The van der Waals surface area contributed by atoms with E-state index in [1.807, 2.05) is 36.4 Å². The number of carbonyl (C=O) groups excluding carboxylic acids is 2. The number of nitrogens with one attached hydrogen (secondary N) is 1. The van der Waals surface area contributed by atoms with E-state index in [9.17, 15) is 19.5 Å². The number of rotatable bonds is 8. The minimum absolute atomic E-state index is 0.0651. The summed E-state index contributed by atoms with van der Waals surface area (Å²) in [7, 11) is 0. The number of aromatic nitrogens is 1. The molecule has 1 aliphatic heterocycles. The van der Waals surface area contributed by atoms with Crippen LogP contribution >= 0.6 is 0 Å². The van der Waals surface area contributed by atoms with E-state index in [2.05, 4.69) is 34.5 Å². The van der Waals surface area contributed by atoms with Crippen molar-refractivity contribution in [2.75, 3.05) is 13.2 Å². The summed E-state index contributed by atoms with van der Waals surface area (Å²) in [6, 6.07) is 13.0. The summed E-state index contributed by atoms with van der Waals surface area (Å²) in [6.07, 6.45) is 3.59. The highest BCUT2D eigenvalue weighted by molar-refractivity contribution is 6.08. The molecular formula is C28H41N5O7. The first kappa shape index (κ1) is 34.2. The van der Waals surface area contributed by atoms with E-state index in [-0.39, 0.29) is 43.6 Å². The number of aliphatic hydroxyl groups is 1. The quantitative estimate of drug-likeness (QED) is 0.183. The van der Waals surface area contributed by atoms with Crippen LogP contribution in [0.4, 0.5) is 0 Å². The van der Waals surface area contributed by atoms with E-state index in [4.69, 9.17) is 20.3 Å². The number of aliphatic imine (C=N–C) groups is 2. The predicted molar refractivity (Wildman–Crippen MR) is 152 cm³/mol. The van der Waals surface area contributed by atoms with Gasteiger partial charge in [0, 0.05) is 5.69 Å². The van der Waals surface area contributed by atoms with Crippen molar-refractivity contribution < 1.29 is 34.1 Å². The number of hydrogen-bond donors (Lipinski definition) is 5. The second-order valence-corrected chi connectivity index (χ2v) is 9.38. The number of carboxylic acids is 1. The maximum atomic E-state index is 12.1. The van der Waals surface area contributed by atoms with E-state index >= 15 is 0 Å². The lowest BCUT2D eigenvalue weighted by molar-refractivity contribution is -0.147. The molecule has 0 aliphatic carbocycles. The Morgan fingerprint density at radius 3 is 2.33 bits per heavy atom. The van der Waals surface area contributed by atoms with Crippen LogP contribution in [0.2, 0.25) is 0 Å². The van der Waals surface area contributed by atoms with E-state index in [1.54, 1.807) is 6.07 Å². The maximum absolute atomic E-state index is 12.1. The van der Waals surface area contributed by atoms with E-state index in [1.165, 1.54) is 20.3 Å². The van der Waals surface area contributed by atoms with Crippen LogP contribution < -0.4 is 11.5 Å². The lowest BCUT2D eigenvalue weighted by Crippen LogP contribution is -2.30. The number of benzene rings is 1. The van der Waals surface area contributed by atoms with Gasteiger partial charge in [0.05, 0.1) is 37.2 Å². The predicted octanol–water partition coefficient (Wildman–Crippen LogP) is 2.50. The van der Waals surface area contributed by atoms with Gasteiger partial charge in [0.25, 0.3) is 5.91 Å². The van der Waals surface area contributed by atoms with Gasteiger partial charge in [-0.2, -0.15) is 4.99 Å². The fourth-order valence-electron chi connectivity index (χ4n) is 3.25. The number of esters is 1. The lowest BCUT2D eigenvalue weighted by atomic mass is 10.1. The van der Waals surface area contributed by atoms with Gasteiger partial charge in [-0.1, -0.05) is 50.6 Å². The third kappa shape index (κ3) is 12.8. The summed E-state index contributed by atoms with van der Waals surface area (Å²) < 4.78 is 11.4. The number of H-pyrrole nitrogens is 1. The molecule has 0 saturated carbocycles. The van der Waals surface area contributed by atoms with Crippen molar-refractivity contribution in [3.63, 3.8) is 0 Å². The first-order valence-corrected chi connectivity index (χ1v) is 13.0. The molecule has 40 heavy (non-hydrogen) atoms. The monoisotopic (exact) mass is 559 g/mol. The fourth-order valence-corrected chi connectivity index (χ4v) is 3.25. The number of carboxylic acid groups (broad SMARTS) is 1. The molecule has 2 unspecified atom stereocenters. The molecule has 0 bridgehead atoms. The highest BCUT2D eigenvalue weighted by Gasteiger charge is 2.29. The number of nitrogens with two attached hydrogens (primary N) is 2. The van der Waals surface area contributed by atoms with Crippen LogP contribution in [0, 0.1) is 0 Å². The summed E-state index contributed by atoms with van der Waals surface area (Å²) in [5, 5.41) is 17.4. The molecule has 0 spiro atoms. The molecule has 1 fully saturated rings. The summed E-state index contributed by atoms with van der Waals surface area (Å²) in [6.45, 7) is 6.86. The average molecular weight is 560 g/mol. The van der Waals surface area contributed by atoms with Gasteiger partial charge in [0.15, 0.2) is 5.84 Å². The van der Waals surface area contributed by atoms with Crippen molar-refractivity contribution in [3.8, 4) is 0 Å². The van der Waals surface area contributed by atoms with Gasteiger partial charge >= 0.3 is 11.9 Å². The Bertz CT molecular complexity index is 1120. The van der Waals surface area contributed by atoms with Crippen LogP contribution in [-0.2, 0) is 30.3 Å². The van der Waals surface area contributed by atoms with Gasteiger partial charge < -0.3 is 36.1 Å². The van der Waals surface area contributed by atoms with E-state index in [0.29, 0.717) is 5.69 Å². The zero-order valence-electron chi connectivity index (χ0n) is 23.5. The molecule has 1 amide bonds. The van der Waals surface area contributed by atoms with Gasteiger partial charge in [-0.05, 0) is 44.4 Å². The molecule has 2 heterocycles. The highest BCUT2D eigenvalue weighted by Crippen LogP contribution is 2.32. The Morgan fingerprint density at radius 1 is 1.15 bits per heavy atom. The molecule has 1 aromatic heterocycles. The zero-order chi connectivity index (χ0) is 30.1. The Labute approximate surface area is 234 Å². The van der Waals surface area contributed by atoms with E-state index in [0.717, 1.165) is 30.4 Å². The zero-order valence-corrected chi connectivity index (χ0v) is 23.5. The van der Waals surface area contributed by atoms with Gasteiger partial charge in [-0.25, -0.2) is 4.99 Å². The van der Waals surface area contributed by atoms with Crippen LogP contribution in [0.1, 0.15) is 70.0 Å². The second kappa shape index (κ2) is 17.7. The fraction of sp³-hybridized carbons (Fsp3) is 0.464. The van der Waals surface area contributed by atoms with Crippen molar-refractivity contribution >= 4 is 30.0 Å². The molecule has 12 heteroatoms. The summed E-state index contributed by atoms with van der Waals surface area (Å²) in [4.78, 5) is 44.3. The molecule has 3 rings (SSSR count). The van der Waals surface area contributed by atoms with Gasteiger partial charge in [0.1, 0.15) is 12.2 Å². The van der Waals surface area contributed by atoms with Crippen LogP contribution in [0.5, 0.6) is 0 Å². The molecule has 2 aromatic rings. The van der Waals surface area contributed by atoms with Crippen molar-refractivity contribution in [3.05, 3.63) is 59.4 Å². The third-order valence-electron chi connectivity index (χ3n) is 5.13. The van der Waals surface area contributed by atoms with Crippen molar-refractivity contribution in [2.24, 2.45) is 21.5 Å². The van der Waals surface area contributed by atoms with Gasteiger partial charge in [0.2, 0.25) is 0 Å². The summed E-state index contributed by atoms with van der Waals surface area (Å²) in [5.41, 5.74) is 10.5. The number of aliphatic carboxylic acids is 1. The Kier molecular flexibility index (Phi) is 15.1. The smallest absolute Gasteiger partial charge is 0.317 e. The number of nitrogens with zero attached hydrogens (tertiary/aromatic N) is 2. The number of ether oxygens (including phenoxy) is 2. The number of hydrogen-bond acceptors (Lipinski definition) is 7. The van der Waals surface area contributed by atoms with Gasteiger partial charge in [-0.15, -0.1) is 0 Å². The molecule has 1 aliphatic rings. The number of amides is 1. The molecule has 7 N–H and O–H groups in total. The number of carbonyl (C=O) groups is 3. The largest absolute Gasteiger partial charge is 0.480 e. The van der Waals surface area contributed by atoms with Gasteiger partial charge in [-0.3, -0.25) is 14.4 Å². The molecule has 0 radical (unpaired) electrons. The van der Waals surface area contributed by atoms with Crippen molar-refractivity contribution in [1.82, 2.24) is 4.98 Å². The number of aromatic amines is 1. The molecular weight excluding hydrogens is 518 g/mol. The molecule has 2 atom stereocenters. The average Bonchev–Trinajstić information content (AvgIpc) is 3.58. The summed E-state index contributed by atoms with van der Waals surface area (Å²) >= 11 is 0. The second-order valence-electron chi connectivity index (χ2n) is 9.38. The molecule has 1 aromatic carbocycles. The highest BCUT2D eigenvalue weighted by atomic mass is 16.6. The number of amidine groups is 1. The standard InChI is InChI=1S/C23H28N4O5.C3H8.C2H5NO2/c1-23(2,30)22(29)27-21(25-14-24)18-10-9-17(26-18)19-11-8-16(32-19)13-31-20(28)12-15-6-4-3-5-7-15;1-3-2;3-1-2(4)5/h3-7,9-10,14,16,19,26,30H,8,11-13H2,1-2H3,(H2,24,25,27,29);3H2,1-2H3;1,3H2,(H,4,5). The third-order valence-corrected chi connectivity index (χ3v) is 5.13. The SMILES string of the molecule is CC(C)(O)C(=O)N=C(N=CN)c1ccc(C2CCC(COC(=O)Cc3ccccc3)O2)[nH]1.CCC.NCC(=O)O. The van der Waals surface area contributed by atoms with Crippen molar-refractivity contribution in [1.29, 1.82) is 0 Å². The van der Waals surface area contributed by atoms with Crippen LogP contribution in [-0.4, -0.2) is 70.1 Å². The first-order chi connectivity index (χ1) is 18.9. The van der Waals surface area contributed by atoms with Crippen molar-refractivity contribution in [2.45, 2.75) is 71.2 Å². The lowest BCUT2D eigenvalue weighted by Gasteiger charge is -2.13. The Balaban J connectivity index is 0.000000884. The Hall–Kier alpha value is -3.87. The Morgan fingerprint density at radius 2 is 1.77 bits per heavy atom.